The highest BCUT2D eigenvalue weighted by Crippen LogP contribution is 2.35. The Morgan fingerprint density at radius 1 is 1.29 bits per heavy atom. The summed E-state index contributed by atoms with van der Waals surface area (Å²) in [4.78, 5) is 0.433. The zero-order valence-corrected chi connectivity index (χ0v) is 11.0. The van der Waals surface area contributed by atoms with Gasteiger partial charge in [-0.3, -0.25) is 0 Å². The minimum atomic E-state index is -3.28. The second-order valence-electron chi connectivity index (χ2n) is 4.50. The summed E-state index contributed by atoms with van der Waals surface area (Å²) in [6, 6.07) is 5.52. The molecule has 0 N–H and O–H groups in total. The van der Waals surface area contributed by atoms with Crippen LogP contribution in [0.3, 0.4) is 0 Å². The molecule has 0 radical (unpaired) electrons. The lowest BCUT2D eigenvalue weighted by Crippen LogP contribution is -2.04. The molecular weight excluding hydrogens is 236 g/mol. The van der Waals surface area contributed by atoms with Gasteiger partial charge in [-0.1, -0.05) is 18.2 Å². The van der Waals surface area contributed by atoms with Gasteiger partial charge in [0.25, 0.3) is 0 Å². The Bertz CT molecular complexity index is 568. The molecule has 3 nitrogen and oxygen atoms in total. The highest BCUT2D eigenvalue weighted by Gasteiger charge is 2.28. The summed E-state index contributed by atoms with van der Waals surface area (Å²) >= 11 is 0. The first-order valence-corrected chi connectivity index (χ1v) is 7.13. The van der Waals surface area contributed by atoms with E-state index in [2.05, 4.69) is 0 Å². The van der Waals surface area contributed by atoms with Gasteiger partial charge < -0.3 is 4.74 Å². The fraction of sp³-hybridized carbons (Fsp3) is 0.385. The maximum Gasteiger partial charge on any atom is 0.201 e. The van der Waals surface area contributed by atoms with Gasteiger partial charge in [-0.2, -0.15) is 0 Å². The molecule has 1 aromatic rings. The summed E-state index contributed by atoms with van der Waals surface area (Å²) < 4.78 is 29.5. The van der Waals surface area contributed by atoms with Gasteiger partial charge in [-0.25, -0.2) is 8.42 Å². The van der Waals surface area contributed by atoms with Crippen molar-refractivity contribution in [1.29, 1.82) is 0 Å². The number of hydrogen-bond donors (Lipinski definition) is 0. The maximum atomic E-state index is 12.0. The second-order valence-corrected chi connectivity index (χ2v) is 6.23. The van der Waals surface area contributed by atoms with Crippen LogP contribution in [-0.4, -0.2) is 21.1 Å². The molecule has 0 saturated heterocycles. The molecule has 0 unspecified atom stereocenters. The Labute approximate surface area is 102 Å². The van der Waals surface area contributed by atoms with Crippen LogP contribution < -0.4 is 0 Å². The number of fused-ring (bicyclic) bond motifs is 1. The Balaban J connectivity index is 2.44. The third-order valence-corrected chi connectivity index (χ3v) is 4.42. The number of sulfone groups is 1. The van der Waals surface area contributed by atoms with Gasteiger partial charge in [0.05, 0.1) is 17.6 Å². The van der Waals surface area contributed by atoms with Crippen molar-refractivity contribution in [1.82, 2.24) is 0 Å². The predicted octanol–water partition coefficient (Wildman–Crippen LogP) is 2.55. The first-order valence-electron chi connectivity index (χ1n) is 5.59. The molecule has 0 aliphatic carbocycles. The number of rotatable bonds is 3. The van der Waals surface area contributed by atoms with Gasteiger partial charge in [0.15, 0.2) is 0 Å². The van der Waals surface area contributed by atoms with Crippen LogP contribution in [0.5, 0.6) is 0 Å². The van der Waals surface area contributed by atoms with Gasteiger partial charge in [-0.05, 0) is 37.5 Å². The van der Waals surface area contributed by atoms with Crippen molar-refractivity contribution in [2.24, 2.45) is 0 Å². The molecule has 1 aromatic carbocycles. The van der Waals surface area contributed by atoms with Crippen LogP contribution in [0.2, 0.25) is 0 Å². The third kappa shape index (κ3) is 2.28. The Morgan fingerprint density at radius 3 is 2.65 bits per heavy atom. The predicted molar refractivity (Wildman–Crippen MR) is 67.4 cm³/mol. The minimum absolute atomic E-state index is 0.0902. The summed E-state index contributed by atoms with van der Waals surface area (Å²) in [6.45, 7) is 6.02. The number of ether oxygens (including phenoxy) is 1. The van der Waals surface area contributed by atoms with E-state index in [1.54, 1.807) is 0 Å². The summed E-state index contributed by atoms with van der Waals surface area (Å²) in [6.07, 6.45) is 0.0902. The summed E-state index contributed by atoms with van der Waals surface area (Å²) in [7, 11) is -3.28. The molecule has 1 aliphatic rings. The molecule has 0 saturated carbocycles. The lowest BCUT2D eigenvalue weighted by atomic mass is 10.1. The van der Waals surface area contributed by atoms with Crippen LogP contribution in [-0.2, 0) is 14.6 Å². The fourth-order valence-corrected chi connectivity index (χ4v) is 3.67. The average Bonchev–Trinajstić information content (AvgIpc) is 2.49. The van der Waals surface area contributed by atoms with E-state index in [4.69, 9.17) is 4.74 Å². The maximum absolute atomic E-state index is 12.0. The van der Waals surface area contributed by atoms with Crippen molar-refractivity contribution in [3.8, 4) is 0 Å². The topological polar surface area (TPSA) is 43.4 Å². The van der Waals surface area contributed by atoms with Gasteiger partial charge in [0, 0.05) is 5.41 Å². The van der Waals surface area contributed by atoms with E-state index in [1.807, 2.05) is 39.0 Å². The van der Waals surface area contributed by atoms with Gasteiger partial charge in [0.1, 0.15) is 0 Å². The number of aryl methyl sites for hydroxylation is 1. The van der Waals surface area contributed by atoms with Gasteiger partial charge in [-0.15, -0.1) is 0 Å². The largest absolute Gasteiger partial charge is 0.374 e. The SMILES string of the molecule is Cc1cccc2c1S(=O)(=O)C=C2COC(C)C. The van der Waals surface area contributed by atoms with Crippen LogP contribution in [0.15, 0.2) is 28.5 Å². The molecule has 2 rings (SSSR count). The smallest absolute Gasteiger partial charge is 0.201 e. The molecule has 0 spiro atoms. The van der Waals surface area contributed by atoms with Crippen molar-refractivity contribution in [2.75, 3.05) is 6.61 Å². The first-order chi connectivity index (χ1) is 7.92. The zero-order valence-electron chi connectivity index (χ0n) is 10.2. The van der Waals surface area contributed by atoms with E-state index in [1.165, 1.54) is 5.41 Å². The molecule has 17 heavy (non-hydrogen) atoms. The van der Waals surface area contributed by atoms with E-state index in [-0.39, 0.29) is 6.10 Å². The zero-order chi connectivity index (χ0) is 12.6. The van der Waals surface area contributed by atoms with E-state index in [0.29, 0.717) is 11.5 Å². The highest BCUT2D eigenvalue weighted by molar-refractivity contribution is 7.95. The summed E-state index contributed by atoms with van der Waals surface area (Å²) in [5.74, 6) is 0. The minimum Gasteiger partial charge on any atom is -0.374 e. The van der Waals surface area contributed by atoms with Crippen LogP contribution in [0.25, 0.3) is 5.57 Å². The molecule has 0 aromatic heterocycles. The van der Waals surface area contributed by atoms with E-state index in [9.17, 15) is 8.42 Å². The lowest BCUT2D eigenvalue weighted by Gasteiger charge is -2.09. The number of benzene rings is 1. The summed E-state index contributed by atoms with van der Waals surface area (Å²) in [5, 5.41) is 1.33. The van der Waals surface area contributed by atoms with Crippen molar-refractivity contribution in [2.45, 2.75) is 31.8 Å². The Hall–Kier alpha value is -1.13. The third-order valence-electron chi connectivity index (χ3n) is 2.71. The molecule has 4 heteroatoms. The van der Waals surface area contributed by atoms with Crippen LogP contribution in [0.4, 0.5) is 0 Å². The van der Waals surface area contributed by atoms with Crippen LogP contribution in [0, 0.1) is 6.92 Å². The van der Waals surface area contributed by atoms with Gasteiger partial charge >= 0.3 is 0 Å². The van der Waals surface area contributed by atoms with Gasteiger partial charge in [0.2, 0.25) is 9.84 Å². The molecule has 92 valence electrons. The van der Waals surface area contributed by atoms with E-state index < -0.39 is 9.84 Å². The fourth-order valence-electron chi connectivity index (χ4n) is 1.96. The molecule has 0 atom stereocenters. The highest BCUT2D eigenvalue weighted by atomic mass is 32.2. The second kappa shape index (κ2) is 4.27. The van der Waals surface area contributed by atoms with E-state index >= 15 is 0 Å². The first kappa shape index (κ1) is 12.3. The normalized spacial score (nSPS) is 17.1. The quantitative estimate of drug-likeness (QED) is 0.830. The monoisotopic (exact) mass is 252 g/mol. The molecule has 0 fully saturated rings. The van der Waals surface area contributed by atoms with Crippen LogP contribution >= 0.6 is 0 Å². The molecular formula is C13H16O3S. The lowest BCUT2D eigenvalue weighted by molar-refractivity contribution is 0.107. The van der Waals surface area contributed by atoms with Crippen molar-refractivity contribution >= 4 is 15.4 Å². The summed E-state index contributed by atoms with van der Waals surface area (Å²) in [5.41, 5.74) is 2.32. The average molecular weight is 252 g/mol. The van der Waals surface area contributed by atoms with Crippen molar-refractivity contribution in [3.63, 3.8) is 0 Å². The van der Waals surface area contributed by atoms with Crippen molar-refractivity contribution < 1.29 is 13.2 Å². The number of hydrogen-bond acceptors (Lipinski definition) is 3. The molecule has 1 aliphatic heterocycles. The standard InChI is InChI=1S/C13H16O3S/c1-9(2)16-7-11-8-17(14,15)13-10(3)5-4-6-12(11)13/h4-6,8-9H,7H2,1-3H3. The Morgan fingerprint density at radius 2 is 2.00 bits per heavy atom. The Kier molecular flexibility index (Phi) is 3.10. The van der Waals surface area contributed by atoms with Crippen LogP contribution in [0.1, 0.15) is 25.0 Å². The molecule has 1 heterocycles. The molecule has 0 bridgehead atoms. The molecule has 0 amide bonds. The van der Waals surface area contributed by atoms with Crippen molar-refractivity contribution in [3.05, 3.63) is 34.7 Å². The van der Waals surface area contributed by atoms with E-state index in [0.717, 1.165) is 16.7 Å².